The Morgan fingerprint density at radius 1 is 1.09 bits per heavy atom. The molecule has 2 aromatic carbocycles. The number of carbonyl (C=O) groups excluding carboxylic acids is 1. The van der Waals surface area contributed by atoms with Crippen LogP contribution in [0.4, 0.5) is 10.9 Å². The summed E-state index contributed by atoms with van der Waals surface area (Å²) in [7, 11) is 0. The highest BCUT2D eigenvalue weighted by Gasteiger charge is 2.25. The molecule has 5 heterocycles. The van der Waals surface area contributed by atoms with Gasteiger partial charge < -0.3 is 14.7 Å². The first-order valence-corrected chi connectivity index (χ1v) is 15.2. The molecular formula is C32H30N6O4S. The molecule has 43 heavy (non-hydrogen) atoms. The minimum atomic E-state index is -1.10. The van der Waals surface area contributed by atoms with Crippen LogP contribution in [0.1, 0.15) is 44.8 Å². The summed E-state index contributed by atoms with van der Waals surface area (Å²) < 4.78 is 8.46. The summed E-state index contributed by atoms with van der Waals surface area (Å²) in [6.07, 6.45) is 6.42. The van der Waals surface area contributed by atoms with Crippen LogP contribution in [0.15, 0.2) is 67.0 Å². The minimum absolute atomic E-state index is 0.0225. The van der Waals surface area contributed by atoms with Gasteiger partial charge in [-0.25, -0.2) is 14.8 Å². The molecule has 2 N–H and O–H groups in total. The molecule has 0 bridgehead atoms. The highest BCUT2D eigenvalue weighted by molar-refractivity contribution is 7.22. The van der Waals surface area contributed by atoms with Gasteiger partial charge in [-0.3, -0.25) is 14.8 Å². The van der Waals surface area contributed by atoms with Crippen molar-refractivity contribution >= 4 is 44.4 Å². The standard InChI is InChI=1S/C32H30N6O4S/c39-30(36-32-34-26-8-1-2-9-27(26)43-32)24-7-3-6-21-12-13-37(18-25(21)24)28-11-10-23(29(35-28)31(40)41)22-15-33-38(17-22)16-20-5-4-14-42-19-20/h1-3,6-11,15,17,20H,4-5,12-14,16,18-19H2,(H,40,41)(H,34,36,39). The van der Waals surface area contributed by atoms with Crippen molar-refractivity contribution in [1.82, 2.24) is 19.7 Å². The number of ether oxygens (including phenoxy) is 1. The number of pyridine rings is 1. The van der Waals surface area contributed by atoms with E-state index in [1.165, 1.54) is 11.3 Å². The zero-order valence-electron chi connectivity index (χ0n) is 23.4. The largest absolute Gasteiger partial charge is 0.476 e. The molecule has 0 radical (unpaired) electrons. The molecule has 1 fully saturated rings. The van der Waals surface area contributed by atoms with Crippen LogP contribution in [-0.2, 0) is 24.2 Å². The highest BCUT2D eigenvalue weighted by Crippen LogP contribution is 2.31. The highest BCUT2D eigenvalue weighted by atomic mass is 32.1. The second-order valence-corrected chi connectivity index (χ2v) is 12.0. The summed E-state index contributed by atoms with van der Waals surface area (Å²) >= 11 is 1.44. The van der Waals surface area contributed by atoms with Crippen LogP contribution in [0.3, 0.4) is 0 Å². The molecule has 1 saturated heterocycles. The Balaban J connectivity index is 1.12. The third-order valence-electron chi connectivity index (χ3n) is 8.08. The van der Waals surface area contributed by atoms with Gasteiger partial charge in [-0.1, -0.05) is 35.6 Å². The van der Waals surface area contributed by atoms with E-state index in [1.807, 2.05) is 64.3 Å². The fourth-order valence-electron chi connectivity index (χ4n) is 5.92. The zero-order chi connectivity index (χ0) is 29.3. The third kappa shape index (κ3) is 5.61. The van der Waals surface area contributed by atoms with Crippen molar-refractivity contribution in [2.45, 2.75) is 32.4 Å². The molecule has 1 amide bonds. The van der Waals surface area contributed by atoms with E-state index in [4.69, 9.17) is 4.74 Å². The minimum Gasteiger partial charge on any atom is -0.476 e. The number of para-hydroxylation sites is 1. The van der Waals surface area contributed by atoms with Gasteiger partial charge in [0.1, 0.15) is 5.82 Å². The average Bonchev–Trinajstić information content (AvgIpc) is 3.67. The fourth-order valence-corrected chi connectivity index (χ4v) is 6.78. The Labute approximate surface area is 252 Å². The predicted molar refractivity (Wildman–Crippen MR) is 165 cm³/mol. The summed E-state index contributed by atoms with van der Waals surface area (Å²) in [5.74, 6) is -0.362. The van der Waals surface area contributed by atoms with E-state index in [-0.39, 0.29) is 11.6 Å². The van der Waals surface area contributed by atoms with Crippen molar-refractivity contribution in [3.63, 3.8) is 0 Å². The average molecular weight is 595 g/mol. The summed E-state index contributed by atoms with van der Waals surface area (Å²) in [4.78, 5) is 36.9. The van der Waals surface area contributed by atoms with Gasteiger partial charge in [0, 0.05) is 55.0 Å². The fraction of sp³-hybridized carbons (Fsp3) is 0.281. The third-order valence-corrected chi connectivity index (χ3v) is 9.04. The molecule has 11 heteroatoms. The van der Waals surface area contributed by atoms with E-state index in [9.17, 15) is 14.7 Å². The molecular weight excluding hydrogens is 564 g/mol. The monoisotopic (exact) mass is 594 g/mol. The number of hydrogen-bond acceptors (Lipinski definition) is 8. The van der Waals surface area contributed by atoms with Gasteiger partial charge in [0.15, 0.2) is 10.8 Å². The maximum Gasteiger partial charge on any atom is 0.355 e. The van der Waals surface area contributed by atoms with Crippen LogP contribution in [-0.4, -0.2) is 56.5 Å². The molecule has 1 atom stereocenters. The number of thiazole rings is 1. The van der Waals surface area contributed by atoms with Crippen molar-refractivity contribution in [2.75, 3.05) is 30.0 Å². The Morgan fingerprint density at radius 3 is 2.84 bits per heavy atom. The Bertz CT molecular complexity index is 1790. The van der Waals surface area contributed by atoms with Crippen molar-refractivity contribution in [3.8, 4) is 11.1 Å². The second-order valence-electron chi connectivity index (χ2n) is 11.0. The van der Waals surface area contributed by atoms with Gasteiger partial charge in [0.2, 0.25) is 0 Å². The van der Waals surface area contributed by atoms with E-state index in [1.54, 1.807) is 12.3 Å². The van der Waals surface area contributed by atoms with Gasteiger partial charge in [-0.15, -0.1) is 0 Å². The molecule has 0 saturated carbocycles. The molecule has 218 valence electrons. The summed E-state index contributed by atoms with van der Waals surface area (Å²) in [5, 5.41) is 18.1. The number of amides is 1. The molecule has 2 aliphatic heterocycles. The van der Waals surface area contributed by atoms with Gasteiger partial charge in [0.25, 0.3) is 5.91 Å². The van der Waals surface area contributed by atoms with Crippen molar-refractivity contribution in [1.29, 1.82) is 0 Å². The maximum absolute atomic E-state index is 13.4. The number of fused-ring (bicyclic) bond motifs is 2. The number of carboxylic acid groups (broad SMARTS) is 1. The number of hydrogen-bond donors (Lipinski definition) is 2. The Morgan fingerprint density at radius 2 is 2.00 bits per heavy atom. The van der Waals surface area contributed by atoms with Gasteiger partial charge >= 0.3 is 5.97 Å². The zero-order valence-corrected chi connectivity index (χ0v) is 24.2. The van der Waals surface area contributed by atoms with Crippen LogP contribution in [0.25, 0.3) is 21.3 Å². The topological polar surface area (TPSA) is 122 Å². The van der Waals surface area contributed by atoms with E-state index in [2.05, 4.69) is 20.4 Å². The van der Waals surface area contributed by atoms with Crippen LogP contribution in [0.2, 0.25) is 0 Å². The van der Waals surface area contributed by atoms with Crippen molar-refractivity contribution in [2.24, 2.45) is 5.92 Å². The molecule has 0 spiro atoms. The lowest BCUT2D eigenvalue weighted by molar-refractivity contribution is 0.0470. The maximum atomic E-state index is 13.4. The molecule has 10 nitrogen and oxygen atoms in total. The number of carbonyl (C=O) groups is 2. The van der Waals surface area contributed by atoms with Crippen molar-refractivity contribution in [3.05, 3.63) is 89.4 Å². The first kappa shape index (κ1) is 27.2. The van der Waals surface area contributed by atoms with Crippen molar-refractivity contribution < 1.29 is 19.4 Å². The number of benzene rings is 2. The number of nitrogens with zero attached hydrogens (tertiary/aromatic N) is 5. The Kier molecular flexibility index (Phi) is 7.33. The van der Waals surface area contributed by atoms with E-state index >= 15 is 0 Å². The van der Waals surface area contributed by atoms with Gasteiger partial charge in [-0.2, -0.15) is 5.10 Å². The first-order valence-electron chi connectivity index (χ1n) is 14.4. The predicted octanol–water partition coefficient (Wildman–Crippen LogP) is 5.49. The normalized spacial score (nSPS) is 16.7. The molecule has 0 aliphatic carbocycles. The lowest BCUT2D eigenvalue weighted by Crippen LogP contribution is -2.33. The molecule has 5 aromatic rings. The molecule has 3 aromatic heterocycles. The lowest BCUT2D eigenvalue weighted by atomic mass is 9.94. The summed E-state index contributed by atoms with van der Waals surface area (Å²) in [5.41, 5.74) is 4.64. The van der Waals surface area contributed by atoms with Crippen LogP contribution in [0, 0.1) is 5.92 Å². The first-order chi connectivity index (χ1) is 21.0. The van der Waals surface area contributed by atoms with Crippen LogP contribution >= 0.6 is 11.3 Å². The quantitative estimate of drug-likeness (QED) is 0.254. The number of anilines is 2. The van der Waals surface area contributed by atoms with Gasteiger partial charge in [-0.05, 0) is 60.7 Å². The molecule has 7 rings (SSSR count). The van der Waals surface area contributed by atoms with E-state index in [0.29, 0.717) is 53.1 Å². The molecule has 1 unspecified atom stereocenters. The SMILES string of the molecule is O=C(Nc1nc2ccccc2s1)c1cccc2c1CN(c1ccc(-c3cnn(CC4CCCOC4)c3)c(C(=O)O)n1)CC2. The number of carboxylic acids is 1. The number of aromatic nitrogens is 4. The second kappa shape index (κ2) is 11.6. The summed E-state index contributed by atoms with van der Waals surface area (Å²) in [6, 6.07) is 17.2. The van der Waals surface area contributed by atoms with Crippen LogP contribution < -0.4 is 10.2 Å². The Hall–Kier alpha value is -4.61. The smallest absolute Gasteiger partial charge is 0.355 e. The lowest BCUT2D eigenvalue weighted by Gasteiger charge is -2.31. The van der Waals surface area contributed by atoms with E-state index in [0.717, 1.165) is 53.9 Å². The summed E-state index contributed by atoms with van der Waals surface area (Å²) in [6.45, 7) is 3.35. The molecule has 2 aliphatic rings. The number of nitrogens with one attached hydrogen (secondary N) is 1. The van der Waals surface area contributed by atoms with E-state index < -0.39 is 5.97 Å². The van der Waals surface area contributed by atoms with Crippen LogP contribution in [0.5, 0.6) is 0 Å². The van der Waals surface area contributed by atoms with Gasteiger partial charge in [0.05, 0.1) is 23.0 Å². The number of rotatable bonds is 7. The number of aromatic carboxylic acids is 1.